The highest BCUT2D eigenvalue weighted by Crippen LogP contribution is 2.15. The van der Waals surface area contributed by atoms with E-state index in [1.54, 1.807) is 0 Å². The minimum Gasteiger partial charge on any atom is -0.340 e. The molecule has 4 nitrogen and oxygen atoms in total. The first kappa shape index (κ1) is 15.8. The molecule has 22 heavy (non-hydrogen) atoms. The molecule has 1 aromatic carbocycles. The summed E-state index contributed by atoms with van der Waals surface area (Å²) in [6.45, 7) is 5.62. The highest BCUT2D eigenvalue weighted by Gasteiger charge is 2.28. The molecule has 0 aliphatic carbocycles. The topological polar surface area (TPSA) is 35.6 Å². The Kier molecular flexibility index (Phi) is 5.34. The summed E-state index contributed by atoms with van der Waals surface area (Å²) in [6, 6.07) is 8.10. The second kappa shape index (κ2) is 7.44. The van der Waals surface area contributed by atoms with Crippen molar-refractivity contribution in [1.29, 1.82) is 0 Å². The number of carbonyl (C=O) groups is 1. The molecule has 1 N–H and O–H groups in total. The smallest absolute Gasteiger partial charge is 0.239 e. The van der Waals surface area contributed by atoms with E-state index in [-0.39, 0.29) is 6.04 Å². The van der Waals surface area contributed by atoms with Gasteiger partial charge >= 0.3 is 0 Å². The maximum Gasteiger partial charge on any atom is 0.239 e. The normalized spacial score (nSPS) is 23.5. The fourth-order valence-electron chi connectivity index (χ4n) is 3.31. The van der Waals surface area contributed by atoms with Gasteiger partial charge in [-0.05, 0) is 43.5 Å². The lowest BCUT2D eigenvalue weighted by atomic mass is 10.2. The van der Waals surface area contributed by atoms with Gasteiger partial charge in [-0.15, -0.1) is 0 Å². The molecule has 0 radical (unpaired) electrons. The Morgan fingerprint density at radius 3 is 2.68 bits per heavy atom. The Labute approximate surface area is 137 Å². The number of nitrogens with one attached hydrogen (secondary N) is 1. The zero-order chi connectivity index (χ0) is 15.4. The molecule has 1 aromatic rings. The predicted molar refractivity (Wildman–Crippen MR) is 89.0 cm³/mol. The SMILES string of the molecule is O=C([C@@H]1CCCN1)N1CCCN(Cc2ccc(Cl)cc2)CC1. The number of amides is 1. The molecular weight excluding hydrogens is 298 g/mol. The van der Waals surface area contributed by atoms with Crippen LogP contribution in [0.5, 0.6) is 0 Å². The first-order valence-corrected chi connectivity index (χ1v) is 8.59. The molecule has 1 atom stereocenters. The second-order valence-electron chi connectivity index (χ2n) is 6.23. The number of rotatable bonds is 3. The average molecular weight is 322 g/mol. The maximum absolute atomic E-state index is 12.5. The fraction of sp³-hybridized carbons (Fsp3) is 0.588. The summed E-state index contributed by atoms with van der Waals surface area (Å²) in [4.78, 5) is 17.0. The van der Waals surface area contributed by atoms with Crippen LogP contribution in [0.2, 0.25) is 5.02 Å². The quantitative estimate of drug-likeness (QED) is 0.926. The van der Waals surface area contributed by atoms with Crippen molar-refractivity contribution in [3.8, 4) is 0 Å². The van der Waals surface area contributed by atoms with E-state index in [1.165, 1.54) is 5.56 Å². The van der Waals surface area contributed by atoms with Crippen LogP contribution in [0.15, 0.2) is 24.3 Å². The zero-order valence-corrected chi connectivity index (χ0v) is 13.7. The molecule has 3 rings (SSSR count). The van der Waals surface area contributed by atoms with Crippen LogP contribution in [0.25, 0.3) is 0 Å². The molecule has 0 aromatic heterocycles. The predicted octanol–water partition coefficient (Wildman–Crippen LogP) is 2.13. The summed E-state index contributed by atoms with van der Waals surface area (Å²) < 4.78 is 0. The number of benzene rings is 1. The van der Waals surface area contributed by atoms with Crippen molar-refractivity contribution in [3.05, 3.63) is 34.9 Å². The third-order valence-electron chi connectivity index (χ3n) is 4.58. The van der Waals surface area contributed by atoms with Crippen LogP contribution in [0.3, 0.4) is 0 Å². The van der Waals surface area contributed by atoms with Crippen LogP contribution >= 0.6 is 11.6 Å². The average Bonchev–Trinajstić information content (AvgIpc) is 2.96. The van der Waals surface area contributed by atoms with E-state index < -0.39 is 0 Å². The molecule has 120 valence electrons. The lowest BCUT2D eigenvalue weighted by molar-refractivity contribution is -0.132. The van der Waals surface area contributed by atoms with E-state index in [4.69, 9.17) is 11.6 Å². The highest BCUT2D eigenvalue weighted by molar-refractivity contribution is 6.30. The van der Waals surface area contributed by atoms with Gasteiger partial charge in [0.05, 0.1) is 6.04 Å². The monoisotopic (exact) mass is 321 g/mol. The number of hydrogen-bond donors (Lipinski definition) is 1. The molecule has 2 heterocycles. The van der Waals surface area contributed by atoms with E-state index in [1.807, 2.05) is 17.0 Å². The third-order valence-corrected chi connectivity index (χ3v) is 4.83. The van der Waals surface area contributed by atoms with Gasteiger partial charge in [0.15, 0.2) is 0 Å². The number of hydrogen-bond acceptors (Lipinski definition) is 3. The van der Waals surface area contributed by atoms with Gasteiger partial charge in [0, 0.05) is 37.7 Å². The van der Waals surface area contributed by atoms with E-state index in [0.29, 0.717) is 5.91 Å². The summed E-state index contributed by atoms with van der Waals surface area (Å²) in [5.74, 6) is 0.297. The van der Waals surface area contributed by atoms with Crippen molar-refractivity contribution >= 4 is 17.5 Å². The maximum atomic E-state index is 12.5. The third kappa shape index (κ3) is 4.00. The van der Waals surface area contributed by atoms with Crippen LogP contribution in [0.1, 0.15) is 24.8 Å². The van der Waals surface area contributed by atoms with Gasteiger partial charge in [-0.25, -0.2) is 0 Å². The Bertz CT molecular complexity index is 499. The Balaban J connectivity index is 1.53. The van der Waals surface area contributed by atoms with Crippen molar-refractivity contribution < 1.29 is 4.79 Å². The van der Waals surface area contributed by atoms with Gasteiger partial charge in [-0.3, -0.25) is 9.69 Å². The number of nitrogens with zero attached hydrogens (tertiary/aromatic N) is 2. The van der Waals surface area contributed by atoms with E-state index in [9.17, 15) is 4.79 Å². The van der Waals surface area contributed by atoms with Crippen LogP contribution in [0.4, 0.5) is 0 Å². The number of halogens is 1. The second-order valence-corrected chi connectivity index (χ2v) is 6.67. The largest absolute Gasteiger partial charge is 0.340 e. The van der Waals surface area contributed by atoms with Gasteiger partial charge < -0.3 is 10.2 Å². The van der Waals surface area contributed by atoms with Crippen LogP contribution in [-0.2, 0) is 11.3 Å². The molecular formula is C17H24ClN3O. The van der Waals surface area contributed by atoms with Gasteiger partial charge in [0.1, 0.15) is 0 Å². The molecule has 0 saturated carbocycles. The van der Waals surface area contributed by atoms with Gasteiger partial charge in [-0.1, -0.05) is 23.7 Å². The standard InChI is InChI=1S/C17H24ClN3O/c18-15-6-4-14(5-7-15)13-20-9-2-10-21(12-11-20)17(22)16-3-1-8-19-16/h4-7,16,19H,1-3,8-13H2/t16-/m0/s1. The summed E-state index contributed by atoms with van der Waals surface area (Å²) in [5, 5.41) is 4.09. The van der Waals surface area contributed by atoms with Crippen molar-refractivity contribution in [2.75, 3.05) is 32.7 Å². The van der Waals surface area contributed by atoms with Crippen molar-refractivity contribution in [2.24, 2.45) is 0 Å². The van der Waals surface area contributed by atoms with Gasteiger partial charge in [-0.2, -0.15) is 0 Å². The first-order valence-electron chi connectivity index (χ1n) is 8.21. The summed E-state index contributed by atoms with van der Waals surface area (Å²) in [7, 11) is 0. The molecule has 2 aliphatic rings. The molecule has 2 saturated heterocycles. The summed E-state index contributed by atoms with van der Waals surface area (Å²) in [6.07, 6.45) is 3.16. The fourth-order valence-corrected chi connectivity index (χ4v) is 3.44. The summed E-state index contributed by atoms with van der Waals surface area (Å²) in [5.41, 5.74) is 1.28. The molecule has 0 unspecified atom stereocenters. The van der Waals surface area contributed by atoms with E-state index >= 15 is 0 Å². The Morgan fingerprint density at radius 1 is 1.14 bits per heavy atom. The molecule has 1 amide bonds. The Morgan fingerprint density at radius 2 is 1.95 bits per heavy atom. The van der Waals surface area contributed by atoms with Gasteiger partial charge in [0.25, 0.3) is 0 Å². The number of carbonyl (C=O) groups excluding carboxylic acids is 1. The van der Waals surface area contributed by atoms with Crippen LogP contribution in [-0.4, -0.2) is 54.5 Å². The Hall–Kier alpha value is -1.10. The first-order chi connectivity index (χ1) is 10.7. The molecule has 0 spiro atoms. The lowest BCUT2D eigenvalue weighted by Crippen LogP contribution is -2.45. The van der Waals surface area contributed by atoms with Crippen molar-refractivity contribution in [2.45, 2.75) is 31.8 Å². The van der Waals surface area contributed by atoms with Crippen molar-refractivity contribution in [3.63, 3.8) is 0 Å². The van der Waals surface area contributed by atoms with Crippen molar-refractivity contribution in [1.82, 2.24) is 15.1 Å². The lowest BCUT2D eigenvalue weighted by Gasteiger charge is -2.24. The molecule has 2 aliphatic heterocycles. The highest BCUT2D eigenvalue weighted by atomic mass is 35.5. The van der Waals surface area contributed by atoms with E-state index in [2.05, 4.69) is 22.3 Å². The minimum absolute atomic E-state index is 0.0582. The van der Waals surface area contributed by atoms with E-state index in [0.717, 1.165) is 63.6 Å². The van der Waals surface area contributed by atoms with Crippen LogP contribution in [0, 0.1) is 0 Å². The van der Waals surface area contributed by atoms with Gasteiger partial charge in [0.2, 0.25) is 5.91 Å². The van der Waals surface area contributed by atoms with Crippen LogP contribution < -0.4 is 5.32 Å². The molecule has 2 fully saturated rings. The minimum atomic E-state index is 0.0582. The summed E-state index contributed by atoms with van der Waals surface area (Å²) >= 11 is 5.93. The molecule has 5 heteroatoms. The molecule has 0 bridgehead atoms. The zero-order valence-electron chi connectivity index (χ0n) is 12.9.